The summed E-state index contributed by atoms with van der Waals surface area (Å²) in [5.41, 5.74) is 4.62. The summed E-state index contributed by atoms with van der Waals surface area (Å²) < 4.78 is 5.55. The van der Waals surface area contributed by atoms with Crippen LogP contribution in [0.15, 0.2) is 52.1 Å². The zero-order valence-electron chi connectivity index (χ0n) is 15.8. The molecule has 0 bridgehead atoms. The Labute approximate surface area is 166 Å². The number of anilines is 1. The lowest BCUT2D eigenvalue weighted by Crippen LogP contribution is -2.35. The summed E-state index contributed by atoms with van der Waals surface area (Å²) in [6.07, 6.45) is 0. The number of amides is 3. The van der Waals surface area contributed by atoms with Crippen LogP contribution < -0.4 is 10.6 Å². The molecule has 8 heteroatoms. The molecule has 3 aromatic rings. The molecule has 0 atom stereocenters. The van der Waals surface area contributed by atoms with Crippen molar-refractivity contribution in [3.8, 4) is 11.5 Å². The Balaban J connectivity index is 1.50. The average molecular weight is 396 g/mol. The predicted molar refractivity (Wildman–Crippen MR) is 108 cm³/mol. The molecule has 0 saturated carbocycles. The van der Waals surface area contributed by atoms with E-state index in [4.69, 9.17) is 4.42 Å². The number of aryl methyl sites for hydroxylation is 3. The van der Waals surface area contributed by atoms with Crippen LogP contribution in [0.5, 0.6) is 0 Å². The highest BCUT2D eigenvalue weighted by Crippen LogP contribution is 2.23. The van der Waals surface area contributed by atoms with Gasteiger partial charge in [0.15, 0.2) is 0 Å². The molecule has 7 nitrogen and oxygen atoms in total. The summed E-state index contributed by atoms with van der Waals surface area (Å²) in [7, 11) is 0. The van der Waals surface area contributed by atoms with Crippen LogP contribution in [0.3, 0.4) is 0 Å². The highest BCUT2D eigenvalue weighted by Gasteiger charge is 2.13. The van der Waals surface area contributed by atoms with E-state index in [0.717, 1.165) is 34.0 Å². The Kier molecular flexibility index (Phi) is 6.10. The van der Waals surface area contributed by atoms with Crippen molar-refractivity contribution < 1.29 is 14.0 Å². The molecular weight excluding hydrogens is 376 g/mol. The predicted octanol–water partition coefficient (Wildman–Crippen LogP) is 4.10. The van der Waals surface area contributed by atoms with Gasteiger partial charge >= 0.3 is 6.03 Å². The Hall–Kier alpha value is -3.13. The van der Waals surface area contributed by atoms with Crippen molar-refractivity contribution in [2.75, 3.05) is 11.1 Å². The number of nitrogens with zero attached hydrogens (tertiary/aromatic N) is 2. The average Bonchev–Trinajstić information content (AvgIpc) is 3.12. The second kappa shape index (κ2) is 8.71. The van der Waals surface area contributed by atoms with Crippen LogP contribution in [0.25, 0.3) is 11.5 Å². The maximum absolute atomic E-state index is 12.0. The van der Waals surface area contributed by atoms with Gasteiger partial charge < -0.3 is 9.73 Å². The smallest absolute Gasteiger partial charge is 0.325 e. The number of hydrogen-bond acceptors (Lipinski definition) is 6. The van der Waals surface area contributed by atoms with Crippen LogP contribution in [0.1, 0.15) is 16.7 Å². The van der Waals surface area contributed by atoms with Gasteiger partial charge in [-0.25, -0.2) is 4.79 Å². The van der Waals surface area contributed by atoms with Crippen LogP contribution in [-0.2, 0) is 4.79 Å². The van der Waals surface area contributed by atoms with Crippen molar-refractivity contribution in [3.05, 3.63) is 59.2 Å². The first kappa shape index (κ1) is 19.6. The first-order valence-electron chi connectivity index (χ1n) is 8.62. The zero-order chi connectivity index (χ0) is 20.1. The molecule has 0 aliphatic carbocycles. The lowest BCUT2D eigenvalue weighted by Gasteiger charge is -2.09. The van der Waals surface area contributed by atoms with Crippen LogP contribution in [0.2, 0.25) is 0 Å². The standard InChI is InChI=1S/C20H20N4O3S/c1-12-4-7-15(8-5-12)18-23-24-20(27-18)28-11-17(25)22-19(26)21-16-9-6-13(2)10-14(16)3/h4-10H,11H2,1-3H3,(H2,21,22,25,26). The van der Waals surface area contributed by atoms with Gasteiger partial charge in [0.25, 0.3) is 5.22 Å². The van der Waals surface area contributed by atoms with Crippen LogP contribution >= 0.6 is 11.8 Å². The number of thioether (sulfide) groups is 1. The highest BCUT2D eigenvalue weighted by atomic mass is 32.2. The number of benzene rings is 2. The van der Waals surface area contributed by atoms with E-state index in [1.54, 1.807) is 6.07 Å². The minimum absolute atomic E-state index is 0.0180. The fourth-order valence-electron chi connectivity index (χ4n) is 2.48. The van der Waals surface area contributed by atoms with Crippen molar-refractivity contribution >= 4 is 29.4 Å². The molecular formula is C20H20N4O3S. The summed E-state index contributed by atoms with van der Waals surface area (Å²) in [5, 5.41) is 13.1. The molecule has 2 N–H and O–H groups in total. The largest absolute Gasteiger partial charge is 0.411 e. The topological polar surface area (TPSA) is 97.1 Å². The number of carbonyl (C=O) groups excluding carboxylic acids is 2. The van der Waals surface area contributed by atoms with E-state index in [-0.39, 0.29) is 11.0 Å². The van der Waals surface area contributed by atoms with Crippen molar-refractivity contribution in [1.82, 2.24) is 15.5 Å². The van der Waals surface area contributed by atoms with Gasteiger partial charge in [-0.05, 0) is 44.5 Å². The minimum Gasteiger partial charge on any atom is -0.411 e. The summed E-state index contributed by atoms with van der Waals surface area (Å²) in [5.74, 6) is -0.0895. The number of rotatable bonds is 5. The van der Waals surface area contributed by atoms with E-state index < -0.39 is 11.9 Å². The Bertz CT molecular complexity index is 999. The van der Waals surface area contributed by atoms with Crippen LogP contribution in [0, 0.1) is 20.8 Å². The molecule has 0 spiro atoms. The van der Waals surface area contributed by atoms with E-state index in [1.807, 2.05) is 57.2 Å². The highest BCUT2D eigenvalue weighted by molar-refractivity contribution is 7.99. The van der Waals surface area contributed by atoms with E-state index in [1.165, 1.54) is 0 Å². The Morgan fingerprint density at radius 2 is 1.71 bits per heavy atom. The lowest BCUT2D eigenvalue weighted by atomic mass is 10.1. The van der Waals surface area contributed by atoms with E-state index in [9.17, 15) is 9.59 Å². The van der Waals surface area contributed by atoms with Gasteiger partial charge in [-0.2, -0.15) is 0 Å². The Morgan fingerprint density at radius 1 is 1.00 bits per heavy atom. The molecule has 0 aliphatic rings. The molecule has 28 heavy (non-hydrogen) atoms. The number of carbonyl (C=O) groups is 2. The molecule has 3 rings (SSSR count). The maximum Gasteiger partial charge on any atom is 0.325 e. The first-order chi connectivity index (χ1) is 13.4. The first-order valence-corrected chi connectivity index (χ1v) is 9.61. The minimum atomic E-state index is -0.580. The van der Waals surface area contributed by atoms with Crippen LogP contribution in [0.4, 0.5) is 10.5 Å². The normalized spacial score (nSPS) is 10.5. The lowest BCUT2D eigenvalue weighted by molar-refractivity contribution is -0.117. The van der Waals surface area contributed by atoms with Crippen molar-refractivity contribution in [2.24, 2.45) is 0 Å². The summed E-state index contributed by atoms with van der Waals surface area (Å²) in [6.45, 7) is 5.86. The zero-order valence-corrected chi connectivity index (χ0v) is 16.6. The number of nitrogens with one attached hydrogen (secondary N) is 2. The molecule has 1 heterocycles. The van der Waals surface area contributed by atoms with Crippen molar-refractivity contribution in [1.29, 1.82) is 0 Å². The molecule has 0 aliphatic heterocycles. The monoisotopic (exact) mass is 396 g/mol. The number of hydrogen-bond donors (Lipinski definition) is 2. The quantitative estimate of drug-likeness (QED) is 0.630. The number of imide groups is 1. The summed E-state index contributed by atoms with van der Waals surface area (Å²) in [4.78, 5) is 24.0. The maximum atomic E-state index is 12.0. The van der Waals surface area contributed by atoms with Gasteiger partial charge in [-0.3, -0.25) is 10.1 Å². The SMILES string of the molecule is Cc1ccc(-c2nnc(SCC(=O)NC(=O)Nc3ccc(C)cc3C)o2)cc1. The molecule has 0 fully saturated rings. The molecule has 144 valence electrons. The third-order valence-corrected chi connectivity index (χ3v) is 4.73. The third-order valence-electron chi connectivity index (χ3n) is 3.91. The molecule has 3 amide bonds. The van der Waals surface area contributed by atoms with Gasteiger partial charge in [0, 0.05) is 11.3 Å². The molecule has 0 radical (unpaired) electrons. The third kappa shape index (κ3) is 5.20. The summed E-state index contributed by atoms with van der Waals surface area (Å²) in [6, 6.07) is 12.7. The van der Waals surface area contributed by atoms with Crippen LogP contribution in [-0.4, -0.2) is 27.9 Å². The van der Waals surface area contributed by atoms with E-state index >= 15 is 0 Å². The van der Waals surface area contributed by atoms with E-state index in [2.05, 4.69) is 20.8 Å². The van der Waals surface area contributed by atoms with E-state index in [0.29, 0.717) is 11.6 Å². The molecule has 0 unspecified atom stereocenters. The van der Waals surface area contributed by atoms with Gasteiger partial charge in [0.2, 0.25) is 11.8 Å². The molecule has 0 saturated heterocycles. The van der Waals surface area contributed by atoms with Gasteiger partial charge in [-0.15, -0.1) is 10.2 Å². The van der Waals surface area contributed by atoms with Gasteiger partial charge in [0.05, 0.1) is 5.75 Å². The molecule has 1 aromatic heterocycles. The second-order valence-corrected chi connectivity index (χ2v) is 7.28. The number of urea groups is 1. The fraction of sp³-hybridized carbons (Fsp3) is 0.200. The van der Waals surface area contributed by atoms with Gasteiger partial charge in [0.1, 0.15) is 0 Å². The van der Waals surface area contributed by atoms with Gasteiger partial charge in [-0.1, -0.05) is 47.2 Å². The summed E-state index contributed by atoms with van der Waals surface area (Å²) >= 11 is 1.07. The molecule has 2 aromatic carbocycles. The van der Waals surface area contributed by atoms with Crippen molar-refractivity contribution in [3.63, 3.8) is 0 Å². The second-order valence-electron chi connectivity index (χ2n) is 6.35. The number of aromatic nitrogens is 2. The Morgan fingerprint density at radius 3 is 2.43 bits per heavy atom. The fourth-order valence-corrected chi connectivity index (χ4v) is 3.04. The van der Waals surface area contributed by atoms with Crippen molar-refractivity contribution in [2.45, 2.75) is 26.0 Å².